The molecular weight excluding hydrogens is 424 g/mol. The first-order valence-corrected chi connectivity index (χ1v) is 14.0. The highest BCUT2D eigenvalue weighted by Crippen LogP contribution is 2.59. The van der Waals surface area contributed by atoms with E-state index in [2.05, 4.69) is 40.7 Å². The Bertz CT molecular complexity index is 794. The molecule has 196 valence electrons. The van der Waals surface area contributed by atoms with Gasteiger partial charge in [-0.2, -0.15) is 0 Å². The average molecular weight is 477 g/mol. The second kappa shape index (κ2) is 8.57. The Morgan fingerprint density at radius 2 is 1.47 bits per heavy atom. The van der Waals surface area contributed by atoms with Gasteiger partial charge in [0, 0.05) is 0 Å². The average Bonchev–Trinajstić information content (AvgIpc) is 2.93. The summed E-state index contributed by atoms with van der Waals surface area (Å²) in [7, 11) is 0. The van der Waals surface area contributed by atoms with Gasteiger partial charge in [0.05, 0.1) is 29.0 Å². The maximum atomic E-state index is 11.6. The van der Waals surface area contributed by atoms with Gasteiger partial charge in [-0.1, -0.05) is 39.3 Å². The zero-order valence-corrected chi connectivity index (χ0v) is 23.2. The minimum Gasteiger partial charge on any atom is -0.390 e. The molecule has 0 aromatic heterocycles. The van der Waals surface area contributed by atoms with Gasteiger partial charge in [0.15, 0.2) is 0 Å². The van der Waals surface area contributed by atoms with Crippen molar-refractivity contribution in [2.24, 2.45) is 34.5 Å². The van der Waals surface area contributed by atoms with Crippen molar-refractivity contribution in [1.82, 2.24) is 0 Å². The van der Waals surface area contributed by atoms with Gasteiger partial charge < -0.3 is 20.1 Å². The van der Waals surface area contributed by atoms with Crippen molar-refractivity contribution in [2.45, 2.75) is 142 Å². The molecule has 0 spiro atoms. The molecule has 9 unspecified atom stereocenters. The molecule has 9 atom stereocenters. The summed E-state index contributed by atoms with van der Waals surface area (Å²) in [5.74, 6) is 1.45. The van der Waals surface area contributed by atoms with Crippen LogP contribution in [0.3, 0.4) is 0 Å². The first-order valence-electron chi connectivity index (χ1n) is 14.0. The van der Waals surface area contributed by atoms with Crippen LogP contribution in [0.2, 0.25) is 0 Å². The Morgan fingerprint density at radius 3 is 2.15 bits per heavy atom. The molecule has 4 nitrogen and oxygen atoms in total. The Labute approximate surface area is 208 Å². The number of hydrogen-bond acceptors (Lipinski definition) is 4. The van der Waals surface area contributed by atoms with Gasteiger partial charge in [-0.05, 0) is 120 Å². The molecule has 0 aromatic carbocycles. The zero-order valence-electron chi connectivity index (χ0n) is 23.2. The number of allylic oxidation sites excluding steroid dienone is 2. The Morgan fingerprint density at radius 1 is 0.824 bits per heavy atom. The maximum Gasteiger partial charge on any atom is 0.0888 e. The van der Waals surface area contributed by atoms with E-state index in [0.29, 0.717) is 24.2 Å². The van der Waals surface area contributed by atoms with Crippen LogP contribution in [0.5, 0.6) is 0 Å². The van der Waals surface area contributed by atoms with E-state index in [1.807, 2.05) is 20.8 Å². The van der Waals surface area contributed by atoms with Crippen LogP contribution < -0.4 is 0 Å². The molecule has 4 rings (SSSR count). The molecular formula is C30H52O4. The summed E-state index contributed by atoms with van der Waals surface area (Å²) in [6.07, 6.45) is 10.3. The van der Waals surface area contributed by atoms with E-state index in [9.17, 15) is 15.3 Å². The van der Waals surface area contributed by atoms with Crippen LogP contribution in [0.15, 0.2) is 11.6 Å². The summed E-state index contributed by atoms with van der Waals surface area (Å²) >= 11 is 0. The molecule has 1 saturated heterocycles. The molecule has 3 N–H and O–H groups in total. The Balaban J connectivity index is 1.66. The van der Waals surface area contributed by atoms with Crippen LogP contribution in [0, 0.1) is 34.5 Å². The van der Waals surface area contributed by atoms with Gasteiger partial charge in [-0.3, -0.25) is 0 Å². The number of rotatable bonds is 2. The van der Waals surface area contributed by atoms with Crippen LogP contribution >= 0.6 is 0 Å². The van der Waals surface area contributed by atoms with Gasteiger partial charge in [0.2, 0.25) is 0 Å². The first kappa shape index (κ1) is 26.6. The van der Waals surface area contributed by atoms with Crippen molar-refractivity contribution in [3.8, 4) is 0 Å². The molecule has 3 saturated carbocycles. The van der Waals surface area contributed by atoms with Crippen molar-refractivity contribution in [3.63, 3.8) is 0 Å². The van der Waals surface area contributed by atoms with E-state index < -0.39 is 22.9 Å². The third-order valence-electron chi connectivity index (χ3n) is 11.3. The Kier molecular flexibility index (Phi) is 6.71. The second-order valence-electron chi connectivity index (χ2n) is 14.4. The fourth-order valence-corrected chi connectivity index (χ4v) is 8.94. The van der Waals surface area contributed by atoms with Crippen molar-refractivity contribution in [3.05, 3.63) is 11.6 Å². The number of hydrogen-bond donors (Lipinski definition) is 3. The normalized spacial score (nSPS) is 51.9. The van der Waals surface area contributed by atoms with Gasteiger partial charge >= 0.3 is 0 Å². The number of aliphatic hydroxyl groups is 3. The highest BCUT2D eigenvalue weighted by atomic mass is 16.5. The highest BCUT2D eigenvalue weighted by Gasteiger charge is 2.57. The fraction of sp³-hybridized carbons (Fsp3) is 0.933. The zero-order chi connectivity index (χ0) is 25.3. The predicted octanol–water partition coefficient (Wildman–Crippen LogP) is 6.02. The van der Waals surface area contributed by atoms with E-state index in [-0.39, 0.29) is 22.9 Å². The lowest BCUT2D eigenvalue weighted by Crippen LogP contribution is -2.56. The monoisotopic (exact) mass is 476 g/mol. The smallest absolute Gasteiger partial charge is 0.0888 e. The predicted molar refractivity (Wildman–Crippen MR) is 137 cm³/mol. The molecule has 3 aliphatic carbocycles. The third kappa shape index (κ3) is 4.33. The summed E-state index contributed by atoms with van der Waals surface area (Å²) in [6, 6.07) is 0. The van der Waals surface area contributed by atoms with E-state index >= 15 is 0 Å². The standard InChI is InChI=1S/C30H52O4/c1-19-9-10-22-21(13-17-29(22,7)32)26(2,3)20(19)11-12-23-28(6)16-14-24(31)27(4,5)34-25(28)15-18-30(23,8)33/h11,19,21-25,31-33H,9-10,12-18H2,1-8H3/b20-11-. The van der Waals surface area contributed by atoms with E-state index in [4.69, 9.17) is 4.74 Å². The van der Waals surface area contributed by atoms with Gasteiger partial charge in [-0.25, -0.2) is 0 Å². The van der Waals surface area contributed by atoms with E-state index in [1.165, 1.54) is 5.57 Å². The minimum absolute atomic E-state index is 0.0417. The second-order valence-corrected chi connectivity index (χ2v) is 14.4. The van der Waals surface area contributed by atoms with Crippen LogP contribution in [-0.2, 0) is 4.74 Å². The van der Waals surface area contributed by atoms with Crippen molar-refractivity contribution >= 4 is 0 Å². The molecule has 34 heavy (non-hydrogen) atoms. The van der Waals surface area contributed by atoms with Crippen LogP contribution in [0.4, 0.5) is 0 Å². The maximum absolute atomic E-state index is 11.6. The number of aliphatic hydroxyl groups excluding tert-OH is 1. The third-order valence-corrected chi connectivity index (χ3v) is 11.3. The highest BCUT2D eigenvalue weighted by molar-refractivity contribution is 5.22. The summed E-state index contributed by atoms with van der Waals surface area (Å²) in [5.41, 5.74) is -0.459. The SMILES string of the molecule is CC1CCC2C(CCC2(C)O)C(C)(C)/C1=C\CC1C(C)(O)CCC2OC(C)(C)C(O)CCC21C. The fourth-order valence-electron chi connectivity index (χ4n) is 8.94. The molecule has 4 fully saturated rings. The molecule has 0 amide bonds. The van der Waals surface area contributed by atoms with Crippen molar-refractivity contribution in [2.75, 3.05) is 0 Å². The largest absolute Gasteiger partial charge is 0.390 e. The van der Waals surface area contributed by atoms with Crippen LogP contribution in [0.25, 0.3) is 0 Å². The number of ether oxygens (including phenoxy) is 1. The van der Waals surface area contributed by atoms with E-state index in [1.54, 1.807) is 0 Å². The van der Waals surface area contributed by atoms with Crippen molar-refractivity contribution < 1.29 is 20.1 Å². The van der Waals surface area contributed by atoms with Gasteiger partial charge in [0.25, 0.3) is 0 Å². The minimum atomic E-state index is -0.747. The topological polar surface area (TPSA) is 69.9 Å². The van der Waals surface area contributed by atoms with Gasteiger partial charge in [-0.15, -0.1) is 0 Å². The lowest BCUT2D eigenvalue weighted by atomic mass is 9.56. The lowest BCUT2D eigenvalue weighted by Gasteiger charge is -2.54. The molecule has 0 radical (unpaired) electrons. The van der Waals surface area contributed by atoms with E-state index in [0.717, 1.165) is 51.4 Å². The summed E-state index contributed by atoms with van der Waals surface area (Å²) in [5, 5.41) is 33.5. The lowest BCUT2D eigenvalue weighted by molar-refractivity contribution is -0.203. The molecule has 1 heterocycles. The molecule has 4 aliphatic rings. The number of fused-ring (bicyclic) bond motifs is 2. The summed E-state index contributed by atoms with van der Waals surface area (Å²) in [6.45, 7) is 17.6. The van der Waals surface area contributed by atoms with Crippen molar-refractivity contribution in [1.29, 1.82) is 0 Å². The summed E-state index contributed by atoms with van der Waals surface area (Å²) < 4.78 is 6.59. The first-order chi connectivity index (χ1) is 15.5. The Hall–Kier alpha value is -0.420. The molecule has 4 heteroatoms. The summed E-state index contributed by atoms with van der Waals surface area (Å²) in [4.78, 5) is 0. The van der Waals surface area contributed by atoms with Crippen LogP contribution in [-0.4, -0.2) is 44.3 Å². The molecule has 0 bridgehead atoms. The van der Waals surface area contributed by atoms with Crippen LogP contribution in [0.1, 0.15) is 113 Å². The quantitative estimate of drug-likeness (QED) is 0.426. The molecule has 1 aliphatic heterocycles. The van der Waals surface area contributed by atoms with Gasteiger partial charge in [0.1, 0.15) is 0 Å². The molecule has 0 aromatic rings.